The van der Waals surface area contributed by atoms with Crippen molar-refractivity contribution in [3.63, 3.8) is 0 Å². The first-order chi connectivity index (χ1) is 13.2. The van der Waals surface area contributed by atoms with Gasteiger partial charge in [-0.2, -0.15) is 5.10 Å². The van der Waals surface area contributed by atoms with Gasteiger partial charge >= 0.3 is 0 Å². The molecule has 0 radical (unpaired) electrons. The molecule has 0 bridgehead atoms. The Labute approximate surface area is 162 Å². The summed E-state index contributed by atoms with van der Waals surface area (Å²) in [5.41, 5.74) is 3.42. The Hall–Kier alpha value is -2.70. The number of benzene rings is 1. The first-order valence-electron chi connectivity index (χ1n) is 8.81. The average molecular weight is 383 g/mol. The second-order valence-electron chi connectivity index (χ2n) is 6.31. The van der Waals surface area contributed by atoms with Gasteiger partial charge in [0, 0.05) is 36.6 Å². The predicted octanol–water partition coefficient (Wildman–Crippen LogP) is 3.12. The van der Waals surface area contributed by atoms with Crippen LogP contribution in [0.4, 0.5) is 0 Å². The van der Waals surface area contributed by atoms with Crippen molar-refractivity contribution in [2.75, 3.05) is 26.3 Å². The molecule has 0 aliphatic carbocycles. The van der Waals surface area contributed by atoms with Crippen LogP contribution in [0.25, 0.3) is 22.5 Å². The Balaban J connectivity index is 1.52. The molecule has 0 unspecified atom stereocenters. The van der Waals surface area contributed by atoms with Crippen molar-refractivity contribution in [2.24, 2.45) is 0 Å². The Morgan fingerprint density at radius 3 is 2.74 bits per heavy atom. The van der Waals surface area contributed by atoms with Gasteiger partial charge in [0.1, 0.15) is 6.54 Å². The van der Waals surface area contributed by atoms with Crippen LogP contribution in [-0.2, 0) is 16.1 Å². The van der Waals surface area contributed by atoms with Crippen LogP contribution in [0, 0.1) is 0 Å². The number of hydrogen-bond donors (Lipinski definition) is 0. The zero-order valence-corrected chi connectivity index (χ0v) is 15.5. The molecule has 1 aliphatic rings. The van der Waals surface area contributed by atoms with Gasteiger partial charge in [0.2, 0.25) is 5.91 Å². The number of pyridine rings is 1. The number of halogens is 1. The van der Waals surface area contributed by atoms with Crippen LogP contribution >= 0.6 is 11.6 Å². The molecule has 1 fully saturated rings. The van der Waals surface area contributed by atoms with Crippen LogP contribution in [0.3, 0.4) is 0 Å². The van der Waals surface area contributed by atoms with E-state index in [-0.39, 0.29) is 12.5 Å². The van der Waals surface area contributed by atoms with Crippen molar-refractivity contribution >= 4 is 17.5 Å². The lowest BCUT2D eigenvalue weighted by molar-refractivity contribution is -0.136. The van der Waals surface area contributed by atoms with Crippen LogP contribution in [0.2, 0.25) is 5.02 Å². The molecule has 4 rings (SSSR count). The molecule has 6 nitrogen and oxygen atoms in total. The highest BCUT2D eigenvalue weighted by molar-refractivity contribution is 6.33. The van der Waals surface area contributed by atoms with Crippen molar-refractivity contribution < 1.29 is 9.53 Å². The summed E-state index contributed by atoms with van der Waals surface area (Å²) in [6, 6.07) is 13.4. The second kappa shape index (κ2) is 7.90. The number of morpholine rings is 1. The molecule has 0 atom stereocenters. The molecule has 1 amide bonds. The van der Waals surface area contributed by atoms with Gasteiger partial charge in [-0.05, 0) is 24.3 Å². The molecule has 7 heteroatoms. The van der Waals surface area contributed by atoms with Gasteiger partial charge in [-0.1, -0.05) is 29.8 Å². The number of carbonyl (C=O) groups excluding carboxylic acids is 1. The highest BCUT2D eigenvalue weighted by Gasteiger charge is 2.17. The maximum atomic E-state index is 12.4. The third-order valence-corrected chi connectivity index (χ3v) is 4.80. The lowest BCUT2D eigenvalue weighted by Gasteiger charge is -2.26. The summed E-state index contributed by atoms with van der Waals surface area (Å²) in [6.45, 7) is 2.70. The Bertz CT molecular complexity index is 950. The molecule has 1 aromatic carbocycles. The SMILES string of the molecule is O=C(Cn1ccc(-c2cccc(-c3ncccc3Cl)c2)n1)N1CCOCC1. The Morgan fingerprint density at radius 1 is 1.11 bits per heavy atom. The van der Waals surface area contributed by atoms with Crippen molar-refractivity contribution in [3.8, 4) is 22.5 Å². The van der Waals surface area contributed by atoms with E-state index in [1.807, 2.05) is 53.6 Å². The number of ether oxygens (including phenoxy) is 1. The van der Waals surface area contributed by atoms with Gasteiger partial charge in [-0.25, -0.2) is 0 Å². The summed E-state index contributed by atoms with van der Waals surface area (Å²) >= 11 is 6.26. The van der Waals surface area contributed by atoms with Gasteiger partial charge in [0.05, 0.1) is 29.6 Å². The monoisotopic (exact) mass is 382 g/mol. The Morgan fingerprint density at radius 2 is 1.93 bits per heavy atom. The summed E-state index contributed by atoms with van der Waals surface area (Å²) in [4.78, 5) is 18.6. The number of hydrogen-bond acceptors (Lipinski definition) is 4. The number of aromatic nitrogens is 3. The van der Waals surface area contributed by atoms with Crippen molar-refractivity contribution in [2.45, 2.75) is 6.54 Å². The topological polar surface area (TPSA) is 60.2 Å². The van der Waals surface area contributed by atoms with Gasteiger partial charge in [-0.15, -0.1) is 0 Å². The fourth-order valence-corrected chi connectivity index (χ4v) is 3.31. The summed E-state index contributed by atoms with van der Waals surface area (Å²) in [7, 11) is 0. The number of amides is 1. The molecule has 1 saturated heterocycles. The minimum absolute atomic E-state index is 0.0574. The van der Waals surface area contributed by atoms with E-state index in [9.17, 15) is 4.79 Å². The zero-order valence-electron chi connectivity index (χ0n) is 14.7. The van der Waals surface area contributed by atoms with Gasteiger partial charge in [0.25, 0.3) is 0 Å². The van der Waals surface area contributed by atoms with Gasteiger partial charge < -0.3 is 9.64 Å². The van der Waals surface area contributed by atoms with Crippen LogP contribution in [0.5, 0.6) is 0 Å². The molecular weight excluding hydrogens is 364 g/mol. The molecular formula is C20H19ClN4O2. The van der Waals surface area contributed by atoms with E-state index in [0.29, 0.717) is 31.3 Å². The minimum Gasteiger partial charge on any atom is -0.378 e. The molecule has 2 aromatic heterocycles. The lowest BCUT2D eigenvalue weighted by Crippen LogP contribution is -2.42. The molecule has 0 saturated carbocycles. The van der Waals surface area contributed by atoms with E-state index in [1.54, 1.807) is 10.9 Å². The maximum Gasteiger partial charge on any atom is 0.244 e. The number of rotatable bonds is 4. The molecule has 27 heavy (non-hydrogen) atoms. The third kappa shape index (κ3) is 4.02. The smallest absolute Gasteiger partial charge is 0.244 e. The van der Waals surface area contributed by atoms with Crippen LogP contribution in [0.15, 0.2) is 54.9 Å². The summed E-state index contributed by atoms with van der Waals surface area (Å²) in [5.74, 6) is 0.0574. The van der Waals surface area contributed by atoms with Crippen LogP contribution < -0.4 is 0 Å². The zero-order chi connectivity index (χ0) is 18.6. The van der Waals surface area contributed by atoms with E-state index in [0.717, 1.165) is 22.5 Å². The summed E-state index contributed by atoms with van der Waals surface area (Å²) in [5, 5.41) is 5.16. The average Bonchev–Trinajstić information content (AvgIpc) is 3.18. The molecule has 3 aromatic rings. The van der Waals surface area contributed by atoms with E-state index >= 15 is 0 Å². The maximum absolute atomic E-state index is 12.4. The normalized spacial score (nSPS) is 14.3. The first-order valence-corrected chi connectivity index (χ1v) is 9.19. The molecule has 0 spiro atoms. The molecule has 0 N–H and O–H groups in total. The van der Waals surface area contributed by atoms with Gasteiger partial charge in [-0.3, -0.25) is 14.5 Å². The minimum atomic E-state index is 0.0574. The summed E-state index contributed by atoms with van der Waals surface area (Å²) < 4.78 is 6.96. The largest absolute Gasteiger partial charge is 0.378 e. The third-order valence-electron chi connectivity index (χ3n) is 4.49. The molecule has 1 aliphatic heterocycles. The second-order valence-corrected chi connectivity index (χ2v) is 6.71. The quantitative estimate of drug-likeness (QED) is 0.695. The number of carbonyl (C=O) groups is 1. The van der Waals surface area contributed by atoms with Gasteiger partial charge in [0.15, 0.2) is 0 Å². The van der Waals surface area contributed by atoms with Crippen molar-refractivity contribution in [1.82, 2.24) is 19.7 Å². The Kier molecular flexibility index (Phi) is 5.18. The predicted molar refractivity (Wildman–Crippen MR) is 103 cm³/mol. The summed E-state index contributed by atoms with van der Waals surface area (Å²) in [6.07, 6.45) is 3.55. The molecule has 3 heterocycles. The highest BCUT2D eigenvalue weighted by atomic mass is 35.5. The fraction of sp³-hybridized carbons (Fsp3) is 0.250. The first kappa shape index (κ1) is 17.7. The van der Waals surface area contributed by atoms with Crippen LogP contribution in [-0.4, -0.2) is 51.9 Å². The van der Waals surface area contributed by atoms with E-state index in [2.05, 4.69) is 10.1 Å². The number of nitrogens with zero attached hydrogens (tertiary/aromatic N) is 4. The van der Waals surface area contributed by atoms with E-state index < -0.39 is 0 Å². The standard InChI is InChI=1S/C20H19ClN4O2/c21-17-5-2-7-22-20(17)16-4-1-3-15(13-16)18-6-8-25(23-18)14-19(26)24-9-11-27-12-10-24/h1-8,13H,9-12,14H2. The lowest BCUT2D eigenvalue weighted by atomic mass is 10.1. The van der Waals surface area contributed by atoms with Crippen molar-refractivity contribution in [1.29, 1.82) is 0 Å². The van der Waals surface area contributed by atoms with E-state index in [1.165, 1.54) is 0 Å². The fourth-order valence-electron chi connectivity index (χ4n) is 3.08. The highest BCUT2D eigenvalue weighted by Crippen LogP contribution is 2.28. The van der Waals surface area contributed by atoms with E-state index in [4.69, 9.17) is 16.3 Å². The van der Waals surface area contributed by atoms with Crippen LogP contribution in [0.1, 0.15) is 0 Å². The molecule has 138 valence electrons. The van der Waals surface area contributed by atoms with Crippen molar-refractivity contribution in [3.05, 3.63) is 59.9 Å².